The minimum atomic E-state index is 0.111. The van der Waals surface area contributed by atoms with Gasteiger partial charge in [-0.25, -0.2) is 9.97 Å². The van der Waals surface area contributed by atoms with Crippen LogP contribution >= 0.6 is 0 Å². The summed E-state index contributed by atoms with van der Waals surface area (Å²) in [6.45, 7) is 0. The van der Waals surface area contributed by atoms with Crippen LogP contribution in [0.5, 0.6) is 0 Å². The molecule has 0 saturated heterocycles. The van der Waals surface area contributed by atoms with Gasteiger partial charge >= 0.3 is 0 Å². The Labute approximate surface area is 282 Å². The minimum absolute atomic E-state index is 0.111. The third-order valence-electron chi connectivity index (χ3n) is 10.4. The van der Waals surface area contributed by atoms with Crippen molar-refractivity contribution in [3.8, 4) is 67.3 Å². The van der Waals surface area contributed by atoms with E-state index in [2.05, 4.69) is 120 Å². The Kier molecular flexibility index (Phi) is 7.04. The summed E-state index contributed by atoms with van der Waals surface area (Å²) in [5, 5.41) is 0. The van der Waals surface area contributed by atoms with Crippen molar-refractivity contribution in [3.63, 3.8) is 0 Å². The quantitative estimate of drug-likeness (QED) is 0.193. The van der Waals surface area contributed by atoms with E-state index < -0.39 is 0 Å². The smallest absolute Gasteiger partial charge is 0.160 e. The molecule has 48 heavy (non-hydrogen) atoms. The van der Waals surface area contributed by atoms with Crippen molar-refractivity contribution in [2.45, 2.75) is 37.5 Å². The molecule has 2 aliphatic rings. The van der Waals surface area contributed by atoms with Gasteiger partial charge in [0.2, 0.25) is 0 Å². The van der Waals surface area contributed by atoms with Gasteiger partial charge in [0, 0.05) is 34.5 Å². The Morgan fingerprint density at radius 3 is 1.88 bits per heavy atom. The molecule has 0 bridgehead atoms. The van der Waals surface area contributed by atoms with Crippen LogP contribution in [-0.4, -0.2) is 15.0 Å². The molecule has 3 heteroatoms. The molecule has 0 atom stereocenters. The van der Waals surface area contributed by atoms with Crippen molar-refractivity contribution in [1.82, 2.24) is 15.0 Å². The molecule has 2 aromatic heterocycles. The molecule has 1 spiro atoms. The maximum atomic E-state index is 5.25. The van der Waals surface area contributed by atoms with Gasteiger partial charge in [0.15, 0.2) is 5.82 Å². The molecule has 7 aromatic rings. The van der Waals surface area contributed by atoms with Crippen molar-refractivity contribution in [3.05, 3.63) is 163 Å². The van der Waals surface area contributed by atoms with Crippen LogP contribution in [0.4, 0.5) is 0 Å². The number of fused-ring (bicyclic) bond motifs is 5. The third kappa shape index (κ3) is 4.77. The molecule has 5 aromatic carbocycles. The SMILES string of the molecule is c1ccc(-c2nc(-c3ccc(-c4cccnc4)cc3)cc(-c3ccccc3-c3cccc4c3-c3ccccc3C43CCCCC3)n2)cc1. The largest absolute Gasteiger partial charge is 0.264 e. The lowest BCUT2D eigenvalue weighted by Gasteiger charge is -2.36. The Bertz CT molecular complexity index is 2250. The highest BCUT2D eigenvalue weighted by Gasteiger charge is 2.44. The summed E-state index contributed by atoms with van der Waals surface area (Å²) in [5.74, 6) is 0.721. The second kappa shape index (κ2) is 11.8. The van der Waals surface area contributed by atoms with Gasteiger partial charge in [-0.2, -0.15) is 0 Å². The van der Waals surface area contributed by atoms with Crippen LogP contribution in [0.1, 0.15) is 43.2 Å². The lowest BCUT2D eigenvalue weighted by Crippen LogP contribution is -2.27. The first-order chi connectivity index (χ1) is 23.8. The summed E-state index contributed by atoms with van der Waals surface area (Å²) >= 11 is 0. The average molecular weight is 618 g/mol. The van der Waals surface area contributed by atoms with Gasteiger partial charge in [-0.15, -0.1) is 0 Å². The van der Waals surface area contributed by atoms with Crippen LogP contribution in [-0.2, 0) is 5.41 Å². The van der Waals surface area contributed by atoms with Crippen LogP contribution in [0.25, 0.3) is 67.3 Å². The Morgan fingerprint density at radius 2 is 1.08 bits per heavy atom. The molecule has 0 amide bonds. The Balaban J connectivity index is 1.22. The second-order valence-corrected chi connectivity index (χ2v) is 13.1. The molecular weight excluding hydrogens is 583 g/mol. The first-order valence-electron chi connectivity index (χ1n) is 17.1. The lowest BCUT2D eigenvalue weighted by molar-refractivity contribution is 0.353. The second-order valence-electron chi connectivity index (χ2n) is 13.1. The maximum absolute atomic E-state index is 5.25. The average Bonchev–Trinajstić information content (AvgIpc) is 3.44. The van der Waals surface area contributed by atoms with Gasteiger partial charge in [0.1, 0.15) is 0 Å². The normalized spacial score (nSPS) is 14.4. The zero-order chi connectivity index (χ0) is 31.9. The van der Waals surface area contributed by atoms with E-state index in [9.17, 15) is 0 Å². The fourth-order valence-corrected chi connectivity index (χ4v) is 8.18. The van der Waals surface area contributed by atoms with Gasteiger partial charge in [-0.3, -0.25) is 4.98 Å². The summed E-state index contributed by atoms with van der Waals surface area (Å²) in [4.78, 5) is 14.7. The van der Waals surface area contributed by atoms with Gasteiger partial charge in [-0.05, 0) is 69.5 Å². The number of benzene rings is 5. The van der Waals surface area contributed by atoms with Gasteiger partial charge < -0.3 is 0 Å². The van der Waals surface area contributed by atoms with Crippen molar-refractivity contribution in [2.75, 3.05) is 0 Å². The van der Waals surface area contributed by atoms with Crippen LogP contribution < -0.4 is 0 Å². The van der Waals surface area contributed by atoms with Crippen LogP contribution in [0.2, 0.25) is 0 Å². The Morgan fingerprint density at radius 1 is 0.438 bits per heavy atom. The molecule has 1 fully saturated rings. The molecule has 3 nitrogen and oxygen atoms in total. The highest BCUT2D eigenvalue weighted by atomic mass is 14.9. The molecule has 230 valence electrons. The fraction of sp³-hybridized carbons (Fsp3) is 0.133. The highest BCUT2D eigenvalue weighted by molar-refractivity contribution is 5.97. The van der Waals surface area contributed by atoms with E-state index in [4.69, 9.17) is 9.97 Å². The van der Waals surface area contributed by atoms with Gasteiger partial charge in [0.25, 0.3) is 0 Å². The van der Waals surface area contributed by atoms with Crippen LogP contribution in [0.15, 0.2) is 152 Å². The number of aromatic nitrogens is 3. The van der Waals surface area contributed by atoms with Crippen molar-refractivity contribution in [1.29, 1.82) is 0 Å². The number of hydrogen-bond donors (Lipinski definition) is 0. The predicted octanol–water partition coefficient (Wildman–Crippen LogP) is 11.4. The number of rotatable bonds is 5. The van der Waals surface area contributed by atoms with Gasteiger partial charge in [-0.1, -0.05) is 147 Å². The molecule has 0 N–H and O–H groups in total. The summed E-state index contributed by atoms with van der Waals surface area (Å²) in [6, 6.07) is 50.1. The molecule has 9 rings (SSSR count). The van der Waals surface area contributed by atoms with E-state index in [1.165, 1.54) is 65.5 Å². The first-order valence-corrected chi connectivity index (χ1v) is 17.1. The van der Waals surface area contributed by atoms with E-state index in [0.29, 0.717) is 0 Å². The van der Waals surface area contributed by atoms with E-state index in [1.807, 2.05) is 30.5 Å². The van der Waals surface area contributed by atoms with E-state index in [-0.39, 0.29) is 5.41 Å². The van der Waals surface area contributed by atoms with Crippen LogP contribution in [0, 0.1) is 0 Å². The third-order valence-corrected chi connectivity index (χ3v) is 10.4. The molecule has 2 aliphatic carbocycles. The molecular formula is C45H35N3. The number of nitrogens with zero attached hydrogens (tertiary/aromatic N) is 3. The van der Waals surface area contributed by atoms with Crippen LogP contribution in [0.3, 0.4) is 0 Å². The number of pyridine rings is 1. The lowest BCUT2D eigenvalue weighted by atomic mass is 9.67. The number of hydrogen-bond acceptors (Lipinski definition) is 3. The standard InChI is InChI=1S/C45H35N3/c1-3-13-33(14-4-1)44-47-41(32-24-22-31(23-25-32)34-15-12-28-46-30-34)29-42(48-44)36-17-6-5-16-35(36)37-19-11-21-40-43(37)38-18-7-8-20-39(38)45(40)26-9-2-10-27-45/h1,3-8,11-25,28-30H,2,9-10,26-27H2. The summed E-state index contributed by atoms with van der Waals surface area (Å²) < 4.78 is 0. The first kappa shape index (κ1) is 28.5. The minimum Gasteiger partial charge on any atom is -0.264 e. The van der Waals surface area contributed by atoms with Crippen molar-refractivity contribution < 1.29 is 0 Å². The predicted molar refractivity (Wildman–Crippen MR) is 196 cm³/mol. The van der Waals surface area contributed by atoms with Gasteiger partial charge in [0.05, 0.1) is 11.4 Å². The van der Waals surface area contributed by atoms with E-state index >= 15 is 0 Å². The summed E-state index contributed by atoms with van der Waals surface area (Å²) in [5.41, 5.74) is 15.6. The summed E-state index contributed by atoms with van der Waals surface area (Å²) in [6.07, 6.45) is 10.0. The maximum Gasteiger partial charge on any atom is 0.160 e. The zero-order valence-corrected chi connectivity index (χ0v) is 26.8. The molecule has 2 heterocycles. The molecule has 0 aliphatic heterocycles. The molecule has 0 unspecified atom stereocenters. The van der Waals surface area contributed by atoms with E-state index in [1.54, 1.807) is 6.20 Å². The Hall–Kier alpha value is -5.67. The topological polar surface area (TPSA) is 38.7 Å². The van der Waals surface area contributed by atoms with E-state index in [0.717, 1.165) is 45.0 Å². The zero-order valence-electron chi connectivity index (χ0n) is 26.8. The van der Waals surface area contributed by atoms with Crippen molar-refractivity contribution in [2.24, 2.45) is 0 Å². The summed E-state index contributed by atoms with van der Waals surface area (Å²) in [7, 11) is 0. The fourth-order valence-electron chi connectivity index (χ4n) is 8.18. The highest BCUT2D eigenvalue weighted by Crippen LogP contribution is 2.58. The van der Waals surface area contributed by atoms with Crippen molar-refractivity contribution >= 4 is 0 Å². The molecule has 1 saturated carbocycles. The monoisotopic (exact) mass is 617 g/mol. The molecule has 0 radical (unpaired) electrons.